The Morgan fingerprint density at radius 3 is 2.50 bits per heavy atom. The van der Waals surface area contributed by atoms with Gasteiger partial charge in [-0.3, -0.25) is 4.90 Å². The lowest BCUT2D eigenvalue weighted by Crippen LogP contribution is -2.37. The molecule has 1 aliphatic heterocycles. The van der Waals surface area contributed by atoms with Gasteiger partial charge >= 0.3 is 0 Å². The van der Waals surface area contributed by atoms with Gasteiger partial charge in [-0.2, -0.15) is 0 Å². The molecule has 2 N–H and O–H groups in total. The second-order valence-electron chi connectivity index (χ2n) is 5.06. The molecule has 1 aromatic rings. The van der Waals surface area contributed by atoms with Crippen LogP contribution in [0.5, 0.6) is 0 Å². The zero-order valence-corrected chi connectivity index (χ0v) is 10.7. The summed E-state index contributed by atoms with van der Waals surface area (Å²) in [6, 6.07) is 4.29. The molecular formula is C14H20F2N2. The molecule has 100 valence electrons. The van der Waals surface area contributed by atoms with Crippen molar-refractivity contribution in [3.63, 3.8) is 0 Å². The van der Waals surface area contributed by atoms with Crippen LogP contribution in [0.3, 0.4) is 0 Å². The Labute approximate surface area is 107 Å². The lowest BCUT2D eigenvalue weighted by Gasteiger charge is -2.35. The molecule has 1 aliphatic rings. The summed E-state index contributed by atoms with van der Waals surface area (Å²) in [4.78, 5) is 2.30. The van der Waals surface area contributed by atoms with Gasteiger partial charge in [0.2, 0.25) is 0 Å². The number of hydrogen-bond donors (Lipinski definition) is 1. The molecule has 1 heterocycles. The molecule has 18 heavy (non-hydrogen) atoms. The highest BCUT2D eigenvalue weighted by molar-refractivity contribution is 5.21. The van der Waals surface area contributed by atoms with E-state index in [-0.39, 0.29) is 6.04 Å². The molecule has 1 atom stereocenters. The zero-order valence-electron chi connectivity index (χ0n) is 10.7. The van der Waals surface area contributed by atoms with Gasteiger partial charge in [0.1, 0.15) is 0 Å². The Morgan fingerprint density at radius 1 is 1.28 bits per heavy atom. The van der Waals surface area contributed by atoms with Crippen molar-refractivity contribution < 1.29 is 8.78 Å². The summed E-state index contributed by atoms with van der Waals surface area (Å²) >= 11 is 0. The van der Waals surface area contributed by atoms with Crippen molar-refractivity contribution in [2.45, 2.75) is 25.8 Å². The smallest absolute Gasteiger partial charge is 0.159 e. The molecule has 0 amide bonds. The fourth-order valence-corrected chi connectivity index (χ4v) is 2.56. The van der Waals surface area contributed by atoms with Crippen LogP contribution in [0.25, 0.3) is 0 Å². The van der Waals surface area contributed by atoms with E-state index < -0.39 is 11.6 Å². The summed E-state index contributed by atoms with van der Waals surface area (Å²) < 4.78 is 26.1. The average Bonchev–Trinajstić information content (AvgIpc) is 2.41. The van der Waals surface area contributed by atoms with E-state index in [9.17, 15) is 8.78 Å². The predicted molar refractivity (Wildman–Crippen MR) is 68.1 cm³/mol. The second kappa shape index (κ2) is 5.76. The van der Waals surface area contributed by atoms with E-state index in [1.807, 2.05) is 6.92 Å². The molecule has 1 aromatic carbocycles. The molecule has 4 heteroatoms. The van der Waals surface area contributed by atoms with E-state index in [1.54, 1.807) is 6.07 Å². The van der Waals surface area contributed by atoms with Crippen molar-refractivity contribution in [2.75, 3.05) is 19.6 Å². The Kier molecular flexibility index (Phi) is 4.30. The lowest BCUT2D eigenvalue weighted by molar-refractivity contribution is 0.143. The topological polar surface area (TPSA) is 29.3 Å². The average molecular weight is 254 g/mol. The van der Waals surface area contributed by atoms with Gasteiger partial charge in [-0.25, -0.2) is 8.78 Å². The SMILES string of the molecule is CC(c1ccc(F)c(F)c1)N1CCC(CN)CC1. The molecule has 0 saturated carbocycles. The third kappa shape index (κ3) is 2.87. The van der Waals surface area contributed by atoms with Gasteiger partial charge in [-0.15, -0.1) is 0 Å². The highest BCUT2D eigenvalue weighted by Gasteiger charge is 2.23. The van der Waals surface area contributed by atoms with Crippen molar-refractivity contribution in [3.05, 3.63) is 35.4 Å². The minimum absolute atomic E-state index is 0.124. The van der Waals surface area contributed by atoms with Crippen LogP contribution >= 0.6 is 0 Å². The van der Waals surface area contributed by atoms with Crippen LogP contribution in [0.2, 0.25) is 0 Å². The van der Waals surface area contributed by atoms with Crippen LogP contribution in [0.1, 0.15) is 31.4 Å². The molecule has 1 unspecified atom stereocenters. The number of nitrogens with two attached hydrogens (primary N) is 1. The summed E-state index contributed by atoms with van der Waals surface area (Å²) in [7, 11) is 0. The Balaban J connectivity index is 2.03. The maximum atomic E-state index is 13.2. The summed E-state index contributed by atoms with van der Waals surface area (Å²) in [5.74, 6) is -0.942. The van der Waals surface area contributed by atoms with Gasteiger partial charge in [-0.1, -0.05) is 6.07 Å². The summed E-state index contributed by atoms with van der Waals surface area (Å²) in [5, 5.41) is 0. The summed E-state index contributed by atoms with van der Waals surface area (Å²) in [6.45, 7) is 4.73. The Morgan fingerprint density at radius 2 is 1.94 bits per heavy atom. The van der Waals surface area contributed by atoms with Gasteiger partial charge in [0.15, 0.2) is 11.6 Å². The molecule has 0 aliphatic carbocycles. The fraction of sp³-hybridized carbons (Fsp3) is 0.571. The number of benzene rings is 1. The zero-order chi connectivity index (χ0) is 13.1. The largest absolute Gasteiger partial charge is 0.330 e. The number of hydrogen-bond acceptors (Lipinski definition) is 2. The van der Waals surface area contributed by atoms with Crippen molar-refractivity contribution in [1.82, 2.24) is 4.90 Å². The molecule has 0 spiro atoms. The summed E-state index contributed by atoms with van der Waals surface area (Å²) in [6.07, 6.45) is 2.18. The second-order valence-corrected chi connectivity index (χ2v) is 5.06. The Bertz CT molecular complexity index is 401. The first-order valence-corrected chi connectivity index (χ1v) is 6.51. The Hall–Kier alpha value is -1.00. The molecule has 2 rings (SSSR count). The molecule has 0 aromatic heterocycles. The molecule has 0 bridgehead atoms. The van der Waals surface area contributed by atoms with Gasteiger partial charge < -0.3 is 5.73 Å². The van der Waals surface area contributed by atoms with E-state index in [0.29, 0.717) is 5.92 Å². The van der Waals surface area contributed by atoms with Crippen LogP contribution in [0, 0.1) is 17.6 Å². The molecule has 0 radical (unpaired) electrons. The van der Waals surface area contributed by atoms with E-state index in [4.69, 9.17) is 5.73 Å². The van der Waals surface area contributed by atoms with Crippen LogP contribution in [0.15, 0.2) is 18.2 Å². The number of halogens is 2. The monoisotopic (exact) mass is 254 g/mol. The van der Waals surface area contributed by atoms with Gasteiger partial charge in [-0.05, 0) is 63.0 Å². The van der Waals surface area contributed by atoms with E-state index in [1.165, 1.54) is 12.1 Å². The molecule has 1 fully saturated rings. The minimum atomic E-state index is -0.784. The van der Waals surface area contributed by atoms with E-state index >= 15 is 0 Å². The quantitative estimate of drug-likeness (QED) is 0.898. The minimum Gasteiger partial charge on any atom is -0.330 e. The fourth-order valence-electron chi connectivity index (χ4n) is 2.56. The van der Waals surface area contributed by atoms with Crippen LogP contribution in [-0.4, -0.2) is 24.5 Å². The van der Waals surface area contributed by atoms with Crippen molar-refractivity contribution in [1.29, 1.82) is 0 Å². The first-order valence-electron chi connectivity index (χ1n) is 6.51. The van der Waals surface area contributed by atoms with Crippen molar-refractivity contribution in [3.8, 4) is 0 Å². The van der Waals surface area contributed by atoms with Crippen LogP contribution < -0.4 is 5.73 Å². The maximum Gasteiger partial charge on any atom is 0.159 e. The molecular weight excluding hydrogens is 234 g/mol. The van der Waals surface area contributed by atoms with Crippen LogP contribution in [-0.2, 0) is 0 Å². The van der Waals surface area contributed by atoms with Crippen molar-refractivity contribution >= 4 is 0 Å². The number of rotatable bonds is 3. The predicted octanol–water partition coefficient (Wildman–Crippen LogP) is 2.70. The van der Waals surface area contributed by atoms with Gasteiger partial charge in [0.25, 0.3) is 0 Å². The van der Waals surface area contributed by atoms with Gasteiger partial charge in [0, 0.05) is 6.04 Å². The van der Waals surface area contributed by atoms with E-state index in [2.05, 4.69) is 4.90 Å². The van der Waals surface area contributed by atoms with Crippen molar-refractivity contribution in [2.24, 2.45) is 11.7 Å². The summed E-state index contributed by atoms with van der Waals surface area (Å²) in [5.41, 5.74) is 6.50. The first kappa shape index (κ1) is 13.4. The number of piperidine rings is 1. The molecule has 1 saturated heterocycles. The van der Waals surface area contributed by atoms with Gasteiger partial charge in [0.05, 0.1) is 0 Å². The van der Waals surface area contributed by atoms with E-state index in [0.717, 1.165) is 38.0 Å². The standard InChI is InChI=1S/C14H20F2N2/c1-10(12-2-3-13(15)14(16)8-12)18-6-4-11(9-17)5-7-18/h2-3,8,10-11H,4-7,9,17H2,1H3. The third-order valence-corrected chi connectivity index (χ3v) is 3.96. The molecule has 2 nitrogen and oxygen atoms in total. The number of likely N-dealkylation sites (tertiary alicyclic amines) is 1. The first-order chi connectivity index (χ1) is 8.61. The third-order valence-electron chi connectivity index (χ3n) is 3.96. The lowest BCUT2D eigenvalue weighted by atomic mass is 9.95. The van der Waals surface area contributed by atoms with Crippen LogP contribution in [0.4, 0.5) is 8.78 Å². The maximum absolute atomic E-state index is 13.2. The highest BCUT2D eigenvalue weighted by Crippen LogP contribution is 2.26. The normalized spacial score (nSPS) is 20.0. The number of nitrogens with zero attached hydrogens (tertiary/aromatic N) is 1. The highest BCUT2D eigenvalue weighted by atomic mass is 19.2.